The lowest BCUT2D eigenvalue weighted by molar-refractivity contribution is 0.278. The predicted octanol–water partition coefficient (Wildman–Crippen LogP) is 2.61. The summed E-state index contributed by atoms with van der Waals surface area (Å²) in [6.45, 7) is 0.721. The maximum Gasteiger partial charge on any atom is 0.166 e. The molecule has 0 spiro atoms. The topological polar surface area (TPSA) is 30.5 Å². The molecule has 4 heteroatoms. The van der Waals surface area contributed by atoms with Crippen LogP contribution in [0, 0.1) is 0 Å². The number of hydrogen-bond acceptors (Lipinski definition) is 3. The molecule has 0 aliphatic heterocycles. The summed E-state index contributed by atoms with van der Waals surface area (Å²) in [6, 6.07) is 3.71. The molecule has 2 rings (SSSR count). The van der Waals surface area contributed by atoms with Crippen molar-refractivity contribution >= 4 is 11.6 Å². The van der Waals surface area contributed by atoms with Gasteiger partial charge in [0.05, 0.1) is 13.2 Å². The Morgan fingerprint density at radius 2 is 2.19 bits per heavy atom. The monoisotopic (exact) mass is 241 g/mol. The van der Waals surface area contributed by atoms with Crippen molar-refractivity contribution in [2.24, 2.45) is 0 Å². The predicted molar refractivity (Wildman–Crippen MR) is 64.4 cm³/mol. The Balaban J connectivity index is 2.33. The molecule has 0 aromatic heterocycles. The maximum absolute atomic E-state index is 6.03. The van der Waals surface area contributed by atoms with Crippen molar-refractivity contribution in [2.45, 2.75) is 25.5 Å². The number of nitrogens with one attached hydrogen (secondary N) is 1. The molecule has 0 amide bonds. The number of hydrogen-bond donors (Lipinski definition) is 1. The average Bonchev–Trinajstić information content (AvgIpc) is 3.05. The second-order valence-electron chi connectivity index (χ2n) is 3.94. The van der Waals surface area contributed by atoms with Gasteiger partial charge in [-0.2, -0.15) is 0 Å². The molecule has 1 aliphatic rings. The van der Waals surface area contributed by atoms with Gasteiger partial charge < -0.3 is 14.8 Å². The fraction of sp³-hybridized carbons (Fsp3) is 0.500. The van der Waals surface area contributed by atoms with Gasteiger partial charge in [-0.05, 0) is 26.0 Å². The van der Waals surface area contributed by atoms with E-state index in [0.29, 0.717) is 16.9 Å². The van der Waals surface area contributed by atoms with Crippen LogP contribution in [0.5, 0.6) is 11.5 Å². The first-order valence-electron chi connectivity index (χ1n) is 5.42. The number of halogens is 1. The fourth-order valence-electron chi connectivity index (χ4n) is 1.58. The zero-order valence-corrected chi connectivity index (χ0v) is 10.3. The molecule has 88 valence electrons. The van der Waals surface area contributed by atoms with Gasteiger partial charge in [-0.1, -0.05) is 11.6 Å². The number of benzene rings is 1. The van der Waals surface area contributed by atoms with E-state index < -0.39 is 0 Å². The summed E-state index contributed by atoms with van der Waals surface area (Å²) in [6.07, 6.45) is 2.61. The summed E-state index contributed by atoms with van der Waals surface area (Å²) in [5.41, 5.74) is 1.04. The van der Waals surface area contributed by atoms with Gasteiger partial charge in [0, 0.05) is 23.2 Å². The lowest BCUT2D eigenvalue weighted by atomic mass is 10.2. The highest BCUT2D eigenvalue weighted by atomic mass is 35.5. The van der Waals surface area contributed by atoms with Crippen molar-refractivity contribution in [1.29, 1.82) is 0 Å². The van der Waals surface area contributed by atoms with Crippen molar-refractivity contribution in [1.82, 2.24) is 5.32 Å². The van der Waals surface area contributed by atoms with Crippen LogP contribution in [0.4, 0.5) is 0 Å². The SMILES string of the molecule is CNCc1cc(Cl)cc(OC)c1OC1CC1. The Morgan fingerprint density at radius 3 is 2.75 bits per heavy atom. The van der Waals surface area contributed by atoms with Crippen LogP contribution in [0.3, 0.4) is 0 Å². The van der Waals surface area contributed by atoms with Crippen LogP contribution in [-0.2, 0) is 6.54 Å². The number of ether oxygens (including phenoxy) is 2. The molecule has 0 radical (unpaired) electrons. The standard InChI is InChI=1S/C12H16ClNO2/c1-14-7-8-5-9(13)6-11(15-2)12(8)16-10-3-4-10/h5-6,10,14H,3-4,7H2,1-2H3. The van der Waals surface area contributed by atoms with Crippen molar-refractivity contribution in [2.75, 3.05) is 14.2 Å². The molecule has 0 bridgehead atoms. The molecule has 0 saturated heterocycles. The van der Waals surface area contributed by atoms with E-state index in [1.165, 1.54) is 0 Å². The van der Waals surface area contributed by atoms with E-state index in [0.717, 1.165) is 30.7 Å². The largest absolute Gasteiger partial charge is 0.493 e. The van der Waals surface area contributed by atoms with Gasteiger partial charge in [-0.25, -0.2) is 0 Å². The van der Waals surface area contributed by atoms with Crippen LogP contribution < -0.4 is 14.8 Å². The normalized spacial score (nSPS) is 14.9. The zero-order valence-electron chi connectivity index (χ0n) is 9.55. The Kier molecular flexibility index (Phi) is 3.56. The summed E-state index contributed by atoms with van der Waals surface area (Å²) in [5, 5.41) is 3.77. The molecule has 3 nitrogen and oxygen atoms in total. The van der Waals surface area contributed by atoms with Crippen LogP contribution in [0.15, 0.2) is 12.1 Å². The van der Waals surface area contributed by atoms with Crippen LogP contribution in [0.25, 0.3) is 0 Å². The van der Waals surface area contributed by atoms with Crippen LogP contribution in [0.2, 0.25) is 5.02 Å². The summed E-state index contributed by atoms with van der Waals surface area (Å²) in [5.74, 6) is 1.54. The highest BCUT2D eigenvalue weighted by molar-refractivity contribution is 6.30. The van der Waals surface area contributed by atoms with Gasteiger partial charge in [0.2, 0.25) is 0 Å². The summed E-state index contributed by atoms with van der Waals surface area (Å²) in [4.78, 5) is 0. The van der Waals surface area contributed by atoms with Crippen LogP contribution in [0.1, 0.15) is 18.4 Å². The smallest absolute Gasteiger partial charge is 0.166 e. The molecule has 1 N–H and O–H groups in total. The molecule has 1 fully saturated rings. The van der Waals surface area contributed by atoms with Gasteiger partial charge in [0.25, 0.3) is 0 Å². The zero-order chi connectivity index (χ0) is 11.5. The van der Waals surface area contributed by atoms with E-state index in [9.17, 15) is 0 Å². The molecule has 16 heavy (non-hydrogen) atoms. The highest BCUT2D eigenvalue weighted by Gasteiger charge is 2.26. The van der Waals surface area contributed by atoms with E-state index in [1.807, 2.05) is 13.1 Å². The van der Waals surface area contributed by atoms with Gasteiger partial charge >= 0.3 is 0 Å². The average molecular weight is 242 g/mol. The van der Waals surface area contributed by atoms with Gasteiger partial charge in [0.15, 0.2) is 11.5 Å². The maximum atomic E-state index is 6.03. The Bertz CT molecular complexity index is 378. The van der Waals surface area contributed by atoms with Crippen molar-refractivity contribution in [3.63, 3.8) is 0 Å². The summed E-state index contributed by atoms with van der Waals surface area (Å²) in [7, 11) is 3.53. The Labute approximate surface area is 101 Å². The lowest BCUT2D eigenvalue weighted by Gasteiger charge is -2.15. The van der Waals surface area contributed by atoms with Crippen LogP contribution >= 0.6 is 11.6 Å². The molecule has 0 heterocycles. The minimum absolute atomic E-state index is 0.352. The Hall–Kier alpha value is -0.930. The third-order valence-electron chi connectivity index (χ3n) is 2.49. The summed E-state index contributed by atoms with van der Waals surface area (Å²) < 4.78 is 11.2. The molecule has 1 saturated carbocycles. The Morgan fingerprint density at radius 1 is 1.44 bits per heavy atom. The van der Waals surface area contributed by atoms with Gasteiger partial charge in [-0.3, -0.25) is 0 Å². The third kappa shape index (κ3) is 2.60. The first-order valence-corrected chi connectivity index (χ1v) is 5.80. The first-order chi connectivity index (χ1) is 7.74. The van der Waals surface area contributed by atoms with E-state index in [-0.39, 0.29) is 0 Å². The second-order valence-corrected chi connectivity index (χ2v) is 4.38. The van der Waals surface area contributed by atoms with E-state index in [4.69, 9.17) is 21.1 Å². The van der Waals surface area contributed by atoms with Crippen LogP contribution in [-0.4, -0.2) is 20.3 Å². The first kappa shape index (κ1) is 11.6. The minimum Gasteiger partial charge on any atom is -0.493 e. The quantitative estimate of drug-likeness (QED) is 0.860. The van der Waals surface area contributed by atoms with E-state index in [2.05, 4.69) is 5.32 Å². The minimum atomic E-state index is 0.352. The van der Waals surface area contributed by atoms with Crippen molar-refractivity contribution < 1.29 is 9.47 Å². The fourth-order valence-corrected chi connectivity index (χ4v) is 1.81. The highest BCUT2D eigenvalue weighted by Crippen LogP contribution is 2.38. The summed E-state index contributed by atoms with van der Waals surface area (Å²) >= 11 is 6.03. The lowest BCUT2D eigenvalue weighted by Crippen LogP contribution is -2.09. The molecule has 0 atom stereocenters. The second kappa shape index (κ2) is 4.93. The van der Waals surface area contributed by atoms with Crippen molar-refractivity contribution in [3.05, 3.63) is 22.7 Å². The molecule has 1 aromatic carbocycles. The molecular formula is C12H16ClNO2. The van der Waals surface area contributed by atoms with Crippen molar-refractivity contribution in [3.8, 4) is 11.5 Å². The molecule has 1 aliphatic carbocycles. The third-order valence-corrected chi connectivity index (χ3v) is 2.71. The van der Waals surface area contributed by atoms with Gasteiger partial charge in [-0.15, -0.1) is 0 Å². The van der Waals surface area contributed by atoms with E-state index in [1.54, 1.807) is 13.2 Å². The molecule has 0 unspecified atom stereocenters. The molecule has 1 aromatic rings. The van der Waals surface area contributed by atoms with E-state index >= 15 is 0 Å². The molecular weight excluding hydrogens is 226 g/mol. The van der Waals surface area contributed by atoms with Gasteiger partial charge in [0.1, 0.15) is 0 Å². The number of methoxy groups -OCH3 is 1. The number of rotatable bonds is 5.